The van der Waals surface area contributed by atoms with Crippen molar-refractivity contribution in [1.29, 1.82) is 0 Å². The van der Waals surface area contributed by atoms with Crippen LogP contribution in [0.25, 0.3) is 0 Å². The lowest BCUT2D eigenvalue weighted by atomic mass is 9.92. The molecule has 0 bridgehead atoms. The molecule has 9 heteroatoms. The number of nitrogens with one attached hydrogen (secondary N) is 1. The number of sulfonamides is 1. The quantitative estimate of drug-likeness (QED) is 0.692. The van der Waals surface area contributed by atoms with Gasteiger partial charge in [-0.15, -0.1) is 10.2 Å². The molecule has 3 rings (SSSR count). The first-order valence-electron chi connectivity index (χ1n) is 8.58. The van der Waals surface area contributed by atoms with E-state index in [1.54, 1.807) is 17.8 Å². The molecule has 1 aliphatic rings. The minimum absolute atomic E-state index is 0.159. The van der Waals surface area contributed by atoms with E-state index in [2.05, 4.69) is 28.8 Å². The summed E-state index contributed by atoms with van der Waals surface area (Å²) < 4.78 is 34.4. The number of anilines is 1. The molecule has 0 fully saturated rings. The topological polar surface area (TPSA) is 81.2 Å². The number of rotatable bonds is 7. The highest BCUT2D eigenvalue weighted by atomic mass is 32.2. The number of ether oxygens (including phenoxy) is 1. The Labute approximate surface area is 162 Å². The Morgan fingerprint density at radius 2 is 1.92 bits per heavy atom. The van der Waals surface area contributed by atoms with Crippen LogP contribution in [0.2, 0.25) is 0 Å². The Morgan fingerprint density at radius 3 is 2.58 bits per heavy atom. The predicted molar refractivity (Wildman–Crippen MR) is 106 cm³/mol. The number of thioether (sulfide) groups is 1. The summed E-state index contributed by atoms with van der Waals surface area (Å²) in [5, 5.41) is 8.29. The fourth-order valence-corrected chi connectivity index (χ4v) is 5.99. The first-order chi connectivity index (χ1) is 12.4. The molecular formula is C17H23N3O3S3. The number of aryl methyl sites for hydroxylation is 2. The van der Waals surface area contributed by atoms with Gasteiger partial charge in [-0.2, -0.15) is 0 Å². The van der Waals surface area contributed by atoms with E-state index in [0.29, 0.717) is 11.7 Å². The molecule has 1 N–H and O–H groups in total. The maximum atomic E-state index is 12.9. The largest absolute Gasteiger partial charge is 0.495 e. The number of fused-ring (bicyclic) bond motifs is 1. The Kier molecular flexibility index (Phi) is 6.09. The summed E-state index contributed by atoms with van der Waals surface area (Å²) in [6.07, 6.45) is 4.07. The van der Waals surface area contributed by atoms with Crippen molar-refractivity contribution in [2.24, 2.45) is 5.92 Å². The number of benzene rings is 1. The highest BCUT2D eigenvalue weighted by molar-refractivity contribution is 8.01. The highest BCUT2D eigenvalue weighted by Gasteiger charge is 2.24. The molecule has 1 aliphatic carbocycles. The van der Waals surface area contributed by atoms with Crippen LogP contribution in [0, 0.1) is 5.92 Å². The maximum absolute atomic E-state index is 12.9. The smallest absolute Gasteiger partial charge is 0.267 e. The van der Waals surface area contributed by atoms with Gasteiger partial charge in [-0.25, -0.2) is 8.42 Å². The Bertz CT molecular complexity index is 879. The van der Waals surface area contributed by atoms with Crippen molar-refractivity contribution >= 4 is 38.3 Å². The first-order valence-corrected chi connectivity index (χ1v) is 11.9. The molecule has 0 amide bonds. The minimum Gasteiger partial charge on any atom is -0.495 e. The summed E-state index contributed by atoms with van der Waals surface area (Å²) in [7, 11) is -2.29. The molecule has 142 valence electrons. The summed E-state index contributed by atoms with van der Waals surface area (Å²) in [4.78, 5) is 0.159. The fourth-order valence-electron chi connectivity index (χ4n) is 2.83. The Morgan fingerprint density at radius 1 is 1.23 bits per heavy atom. The van der Waals surface area contributed by atoms with Crippen LogP contribution in [0.15, 0.2) is 21.4 Å². The number of aromatic nitrogens is 2. The second-order valence-corrected chi connectivity index (χ2v) is 10.6. The van der Waals surface area contributed by atoms with Gasteiger partial charge in [-0.3, -0.25) is 4.72 Å². The molecule has 0 saturated carbocycles. The Hall–Kier alpha value is -1.32. The molecular weight excluding hydrogens is 390 g/mol. The van der Waals surface area contributed by atoms with E-state index < -0.39 is 10.0 Å². The SMILES string of the molecule is COc1cc2c(cc1S(=O)(=O)Nc1nnc(SCC(C)C)s1)CCCC2. The highest BCUT2D eigenvalue weighted by Crippen LogP contribution is 2.34. The molecule has 0 aliphatic heterocycles. The lowest BCUT2D eigenvalue weighted by Crippen LogP contribution is -2.15. The van der Waals surface area contributed by atoms with Crippen molar-refractivity contribution < 1.29 is 13.2 Å². The van der Waals surface area contributed by atoms with Gasteiger partial charge in [0.2, 0.25) is 5.13 Å². The lowest BCUT2D eigenvalue weighted by molar-refractivity contribution is 0.401. The molecule has 1 aromatic heterocycles. The van der Waals surface area contributed by atoms with Gasteiger partial charge in [0.25, 0.3) is 10.0 Å². The van der Waals surface area contributed by atoms with Crippen molar-refractivity contribution in [2.45, 2.75) is 48.8 Å². The van der Waals surface area contributed by atoms with Crippen molar-refractivity contribution in [3.63, 3.8) is 0 Å². The second-order valence-electron chi connectivity index (χ2n) is 6.66. The predicted octanol–water partition coefficient (Wildman–Crippen LogP) is 3.97. The molecule has 0 saturated heterocycles. The van der Waals surface area contributed by atoms with Crippen molar-refractivity contribution in [3.05, 3.63) is 23.3 Å². The number of nitrogens with zero attached hydrogens (tertiary/aromatic N) is 2. The van der Waals surface area contributed by atoms with Crippen molar-refractivity contribution in [2.75, 3.05) is 17.6 Å². The molecule has 6 nitrogen and oxygen atoms in total. The van der Waals surface area contributed by atoms with Crippen LogP contribution in [0.3, 0.4) is 0 Å². The van der Waals surface area contributed by atoms with Gasteiger partial charge in [-0.05, 0) is 54.9 Å². The van der Waals surface area contributed by atoms with E-state index in [1.807, 2.05) is 6.07 Å². The number of hydrogen-bond acceptors (Lipinski definition) is 7. The van der Waals surface area contributed by atoms with E-state index in [-0.39, 0.29) is 10.0 Å². The zero-order valence-electron chi connectivity index (χ0n) is 15.1. The summed E-state index contributed by atoms with van der Waals surface area (Å²) in [5.74, 6) is 1.82. The lowest BCUT2D eigenvalue weighted by Gasteiger charge is -2.19. The van der Waals surface area contributed by atoms with E-state index in [4.69, 9.17) is 4.74 Å². The summed E-state index contributed by atoms with van der Waals surface area (Å²) in [5.41, 5.74) is 2.26. The third-order valence-corrected chi connectivity index (χ3v) is 7.97. The number of methoxy groups -OCH3 is 1. The van der Waals surface area contributed by atoms with Crippen molar-refractivity contribution in [1.82, 2.24) is 10.2 Å². The third kappa shape index (κ3) is 4.50. The van der Waals surface area contributed by atoms with Gasteiger partial charge in [0.05, 0.1) is 7.11 Å². The molecule has 26 heavy (non-hydrogen) atoms. The first kappa shape index (κ1) is 19.4. The van der Waals surface area contributed by atoms with Crippen LogP contribution in [0.4, 0.5) is 5.13 Å². The van der Waals surface area contributed by atoms with Crippen LogP contribution in [0.5, 0.6) is 5.75 Å². The molecule has 1 aromatic carbocycles. The summed E-state index contributed by atoms with van der Waals surface area (Å²) in [6.45, 7) is 4.25. The van der Waals surface area contributed by atoms with E-state index in [0.717, 1.165) is 41.3 Å². The number of hydrogen-bond donors (Lipinski definition) is 1. The zero-order chi connectivity index (χ0) is 18.7. The summed E-state index contributed by atoms with van der Waals surface area (Å²) in [6, 6.07) is 3.60. The van der Waals surface area contributed by atoms with Crippen LogP contribution >= 0.6 is 23.1 Å². The average molecular weight is 414 g/mol. The Balaban J connectivity index is 1.84. The molecule has 0 radical (unpaired) electrons. The molecule has 2 aromatic rings. The third-order valence-electron chi connectivity index (χ3n) is 4.09. The van der Waals surface area contributed by atoms with E-state index in [9.17, 15) is 8.42 Å². The normalized spacial score (nSPS) is 14.3. The molecule has 1 heterocycles. The summed E-state index contributed by atoms with van der Waals surface area (Å²) >= 11 is 2.83. The standard InChI is InChI=1S/C17H23N3O3S3/c1-11(2)10-24-17-19-18-16(25-17)20-26(21,22)15-9-13-7-5-4-6-12(13)8-14(15)23-3/h8-9,11H,4-7,10H2,1-3H3,(H,18,20). The van der Waals surface area contributed by atoms with Gasteiger partial charge >= 0.3 is 0 Å². The van der Waals surface area contributed by atoms with Gasteiger partial charge in [0.15, 0.2) is 4.34 Å². The van der Waals surface area contributed by atoms with Crippen LogP contribution in [-0.4, -0.2) is 31.5 Å². The zero-order valence-corrected chi connectivity index (χ0v) is 17.6. The van der Waals surface area contributed by atoms with Crippen LogP contribution < -0.4 is 9.46 Å². The van der Waals surface area contributed by atoms with E-state index in [1.165, 1.54) is 24.0 Å². The van der Waals surface area contributed by atoms with Crippen molar-refractivity contribution in [3.8, 4) is 5.75 Å². The average Bonchev–Trinajstić information content (AvgIpc) is 3.05. The van der Waals surface area contributed by atoms with Gasteiger partial charge in [-0.1, -0.05) is 36.9 Å². The van der Waals surface area contributed by atoms with Gasteiger partial charge in [0, 0.05) is 5.75 Å². The maximum Gasteiger partial charge on any atom is 0.267 e. The van der Waals surface area contributed by atoms with Crippen LogP contribution in [-0.2, 0) is 22.9 Å². The molecule has 0 unspecified atom stereocenters. The van der Waals surface area contributed by atoms with Gasteiger partial charge in [0.1, 0.15) is 10.6 Å². The van der Waals surface area contributed by atoms with Crippen LogP contribution in [0.1, 0.15) is 37.8 Å². The van der Waals surface area contributed by atoms with Gasteiger partial charge < -0.3 is 4.74 Å². The molecule has 0 atom stereocenters. The second kappa shape index (κ2) is 8.14. The minimum atomic E-state index is -3.78. The fraction of sp³-hybridized carbons (Fsp3) is 0.529. The monoisotopic (exact) mass is 413 g/mol. The molecule has 0 spiro atoms. The van der Waals surface area contributed by atoms with E-state index >= 15 is 0 Å².